The Hall–Kier alpha value is -1.58. The molecule has 1 aromatic rings. The fourth-order valence-corrected chi connectivity index (χ4v) is 4.71. The van der Waals surface area contributed by atoms with Crippen LogP contribution < -0.4 is 10.2 Å². The number of hydrogen-bond donors (Lipinski definition) is 1. The van der Waals surface area contributed by atoms with Crippen LogP contribution in [0.1, 0.15) is 58.8 Å². The summed E-state index contributed by atoms with van der Waals surface area (Å²) >= 11 is 7.51. The van der Waals surface area contributed by atoms with Crippen LogP contribution >= 0.6 is 23.4 Å². The first-order valence-electron chi connectivity index (χ1n) is 11.9. The lowest BCUT2D eigenvalue weighted by atomic mass is 10.1. The summed E-state index contributed by atoms with van der Waals surface area (Å²) in [6.07, 6.45) is 7.15. The van der Waals surface area contributed by atoms with Crippen molar-refractivity contribution in [1.82, 2.24) is 20.2 Å². The first kappa shape index (κ1) is 27.7. The summed E-state index contributed by atoms with van der Waals surface area (Å²) in [5.74, 6) is 1.13. The summed E-state index contributed by atoms with van der Waals surface area (Å²) in [6, 6.07) is 1.85. The summed E-state index contributed by atoms with van der Waals surface area (Å²) in [5, 5.41) is 3.67. The maximum Gasteiger partial charge on any atom is 0.230 e. The Morgan fingerprint density at radius 2 is 2.00 bits per heavy atom. The monoisotopic (exact) mass is 499 g/mol. The molecule has 1 fully saturated rings. The van der Waals surface area contributed by atoms with Crippen LogP contribution in [0, 0.1) is 0 Å². The van der Waals surface area contributed by atoms with Crippen LogP contribution in [0.4, 0.5) is 5.82 Å². The van der Waals surface area contributed by atoms with Crippen LogP contribution in [0.25, 0.3) is 0 Å². The summed E-state index contributed by atoms with van der Waals surface area (Å²) in [6.45, 7) is 7.53. The van der Waals surface area contributed by atoms with Gasteiger partial charge < -0.3 is 19.9 Å². The number of carbonyl (C=O) groups excluding carboxylic acids is 2. The number of nitrogens with zero attached hydrogens (tertiary/aromatic N) is 4. The average molecular weight is 500 g/mol. The van der Waals surface area contributed by atoms with Gasteiger partial charge in [0.25, 0.3) is 0 Å². The average Bonchev–Trinajstić information content (AvgIpc) is 2.80. The molecular weight excluding hydrogens is 462 g/mol. The highest BCUT2D eigenvalue weighted by atomic mass is 35.5. The smallest absolute Gasteiger partial charge is 0.230 e. The molecule has 1 unspecified atom stereocenters. The third-order valence-electron chi connectivity index (χ3n) is 5.61. The van der Waals surface area contributed by atoms with E-state index in [1.54, 1.807) is 13.2 Å². The fourth-order valence-electron chi connectivity index (χ4n) is 3.80. The molecule has 186 valence electrons. The Kier molecular flexibility index (Phi) is 12.9. The normalized spacial score (nSPS) is 16.2. The molecule has 1 N–H and O–H groups in total. The number of methoxy groups -OCH3 is 1. The third kappa shape index (κ3) is 10.1. The van der Waals surface area contributed by atoms with Crippen molar-refractivity contribution in [3.05, 3.63) is 11.2 Å². The highest BCUT2D eigenvalue weighted by Crippen LogP contribution is 2.24. The van der Waals surface area contributed by atoms with Gasteiger partial charge in [0, 0.05) is 58.4 Å². The molecule has 2 amide bonds. The Labute approximate surface area is 207 Å². The van der Waals surface area contributed by atoms with Gasteiger partial charge >= 0.3 is 0 Å². The number of rotatable bonds is 14. The highest BCUT2D eigenvalue weighted by molar-refractivity contribution is 7.99. The zero-order valence-corrected chi connectivity index (χ0v) is 21.7. The van der Waals surface area contributed by atoms with Crippen LogP contribution in [0.15, 0.2) is 11.2 Å². The lowest BCUT2D eigenvalue weighted by Crippen LogP contribution is -2.54. The molecule has 8 nitrogen and oxygen atoms in total. The molecular formula is C23H38ClN5O3S. The topological polar surface area (TPSA) is 87.7 Å². The SMILES string of the molecule is CCCCCCCC(=O)N1CCN(c2cc(Cl)nc(SCC(=O)NCCCOC)n2)CC1C. The first-order chi connectivity index (χ1) is 15.9. The predicted octanol–water partition coefficient (Wildman–Crippen LogP) is 3.77. The summed E-state index contributed by atoms with van der Waals surface area (Å²) in [7, 11) is 1.64. The number of unbranched alkanes of at least 4 members (excludes halogenated alkanes) is 4. The molecule has 1 saturated heterocycles. The number of hydrogen-bond acceptors (Lipinski definition) is 7. The van der Waals surface area contributed by atoms with Crippen molar-refractivity contribution in [1.29, 1.82) is 0 Å². The molecule has 10 heteroatoms. The maximum absolute atomic E-state index is 12.7. The van der Waals surface area contributed by atoms with Gasteiger partial charge in [-0.3, -0.25) is 9.59 Å². The lowest BCUT2D eigenvalue weighted by Gasteiger charge is -2.40. The number of aromatic nitrogens is 2. The van der Waals surface area contributed by atoms with E-state index in [4.69, 9.17) is 16.3 Å². The standard InChI is InChI=1S/C23H38ClN5O3S/c1-4-5-6-7-8-10-22(31)29-13-12-28(16-18(29)2)20-15-19(24)26-23(27-20)33-17-21(30)25-11-9-14-32-3/h15,18H,4-14,16-17H2,1-3H3,(H,25,30). The van der Waals surface area contributed by atoms with Gasteiger partial charge in [-0.1, -0.05) is 56.0 Å². The van der Waals surface area contributed by atoms with Crippen LogP contribution in [0.3, 0.4) is 0 Å². The van der Waals surface area contributed by atoms with Gasteiger partial charge in [0.15, 0.2) is 5.16 Å². The largest absolute Gasteiger partial charge is 0.385 e. The molecule has 2 heterocycles. The van der Waals surface area contributed by atoms with Crippen molar-refractivity contribution in [2.45, 2.75) is 70.0 Å². The molecule has 0 aromatic carbocycles. The Bertz CT molecular complexity index is 755. The number of carbonyl (C=O) groups is 2. The lowest BCUT2D eigenvalue weighted by molar-refractivity contribution is -0.133. The molecule has 0 bridgehead atoms. The quantitative estimate of drug-likeness (QED) is 0.180. The van der Waals surface area contributed by atoms with Crippen LogP contribution in [0.5, 0.6) is 0 Å². The summed E-state index contributed by atoms with van der Waals surface area (Å²) in [4.78, 5) is 37.7. The van der Waals surface area contributed by atoms with Crippen molar-refractivity contribution < 1.29 is 14.3 Å². The van der Waals surface area contributed by atoms with E-state index in [-0.39, 0.29) is 23.6 Å². The Balaban J connectivity index is 1.84. The zero-order chi connectivity index (χ0) is 24.1. The van der Waals surface area contributed by atoms with Crippen molar-refractivity contribution in [3.63, 3.8) is 0 Å². The van der Waals surface area contributed by atoms with Gasteiger partial charge in [-0.15, -0.1) is 0 Å². The minimum absolute atomic E-state index is 0.0725. The molecule has 1 aliphatic heterocycles. The van der Waals surface area contributed by atoms with E-state index >= 15 is 0 Å². The van der Waals surface area contributed by atoms with Gasteiger partial charge in [-0.25, -0.2) is 9.97 Å². The van der Waals surface area contributed by atoms with Crippen LogP contribution in [-0.2, 0) is 14.3 Å². The number of anilines is 1. The van der Waals surface area contributed by atoms with E-state index in [1.807, 2.05) is 4.90 Å². The van der Waals surface area contributed by atoms with Crippen LogP contribution in [-0.4, -0.2) is 78.4 Å². The molecule has 0 radical (unpaired) electrons. The second kappa shape index (κ2) is 15.3. The Morgan fingerprint density at radius 1 is 1.21 bits per heavy atom. The Morgan fingerprint density at radius 3 is 2.73 bits per heavy atom. The van der Waals surface area contributed by atoms with Crippen molar-refractivity contribution in [2.75, 3.05) is 50.5 Å². The second-order valence-corrected chi connectivity index (χ2v) is 9.69. The molecule has 0 aliphatic carbocycles. The van der Waals surface area contributed by atoms with E-state index in [0.29, 0.717) is 49.5 Å². The van der Waals surface area contributed by atoms with E-state index in [2.05, 4.69) is 34.0 Å². The second-order valence-electron chi connectivity index (χ2n) is 8.36. The fraction of sp³-hybridized carbons (Fsp3) is 0.739. The van der Waals surface area contributed by atoms with E-state index in [0.717, 1.165) is 25.1 Å². The number of ether oxygens (including phenoxy) is 1. The minimum Gasteiger partial charge on any atom is -0.385 e. The van der Waals surface area contributed by atoms with E-state index < -0.39 is 0 Å². The molecule has 0 spiro atoms. The molecule has 2 rings (SSSR count). The molecule has 0 saturated carbocycles. The summed E-state index contributed by atoms with van der Waals surface area (Å²) < 4.78 is 4.98. The number of amides is 2. The van der Waals surface area contributed by atoms with Gasteiger partial charge in [0.2, 0.25) is 11.8 Å². The minimum atomic E-state index is -0.0725. The highest BCUT2D eigenvalue weighted by Gasteiger charge is 2.28. The number of thioether (sulfide) groups is 1. The van der Waals surface area contributed by atoms with Crippen LogP contribution in [0.2, 0.25) is 5.15 Å². The predicted molar refractivity (Wildman–Crippen MR) is 134 cm³/mol. The first-order valence-corrected chi connectivity index (χ1v) is 13.3. The number of piperazine rings is 1. The van der Waals surface area contributed by atoms with E-state index in [1.165, 1.54) is 31.0 Å². The van der Waals surface area contributed by atoms with Gasteiger partial charge in [0.1, 0.15) is 11.0 Å². The summed E-state index contributed by atoms with van der Waals surface area (Å²) in [5.41, 5.74) is 0. The number of halogens is 1. The van der Waals surface area contributed by atoms with E-state index in [9.17, 15) is 9.59 Å². The molecule has 33 heavy (non-hydrogen) atoms. The molecule has 1 aliphatic rings. The van der Waals surface area contributed by atoms with Gasteiger partial charge in [-0.2, -0.15) is 0 Å². The zero-order valence-electron chi connectivity index (χ0n) is 20.1. The molecule has 1 atom stereocenters. The maximum atomic E-state index is 12.7. The van der Waals surface area contributed by atoms with Gasteiger partial charge in [0.05, 0.1) is 5.75 Å². The number of nitrogens with one attached hydrogen (secondary N) is 1. The van der Waals surface area contributed by atoms with Gasteiger partial charge in [-0.05, 0) is 19.8 Å². The molecule has 1 aromatic heterocycles. The van der Waals surface area contributed by atoms with Crippen molar-refractivity contribution in [3.8, 4) is 0 Å². The van der Waals surface area contributed by atoms with Crippen molar-refractivity contribution in [2.24, 2.45) is 0 Å². The third-order valence-corrected chi connectivity index (χ3v) is 6.65. The van der Waals surface area contributed by atoms with Crippen molar-refractivity contribution >= 4 is 41.0 Å².